The van der Waals surface area contributed by atoms with Crippen LogP contribution in [0.1, 0.15) is 27.5 Å². The van der Waals surface area contributed by atoms with Gasteiger partial charge in [-0.25, -0.2) is 4.98 Å². The average molecular weight is 405 g/mol. The third-order valence-electron chi connectivity index (χ3n) is 3.82. The summed E-state index contributed by atoms with van der Waals surface area (Å²) >= 11 is 4.81. The summed E-state index contributed by atoms with van der Waals surface area (Å²) in [5, 5.41) is 0.843. The molecule has 0 atom stereocenters. The molecule has 0 saturated heterocycles. The number of halogens is 1. The fourth-order valence-corrected chi connectivity index (χ4v) is 3.51. The molecule has 6 heteroatoms. The summed E-state index contributed by atoms with van der Waals surface area (Å²) in [5.74, 6) is 1.37. The summed E-state index contributed by atoms with van der Waals surface area (Å²) < 4.78 is 8.45. The molecule has 0 unspecified atom stereocenters. The van der Waals surface area contributed by atoms with Crippen molar-refractivity contribution in [3.8, 4) is 0 Å². The summed E-state index contributed by atoms with van der Waals surface area (Å²) in [5.41, 5.74) is 2.79. The van der Waals surface area contributed by atoms with E-state index in [1.165, 1.54) is 11.8 Å². The zero-order chi connectivity index (χ0) is 17.1. The topological polar surface area (TPSA) is 48.0 Å². The van der Waals surface area contributed by atoms with Crippen molar-refractivity contribution in [2.24, 2.45) is 0 Å². The van der Waals surface area contributed by atoms with Gasteiger partial charge in [0.15, 0.2) is 5.78 Å². The minimum absolute atomic E-state index is 0.114. The van der Waals surface area contributed by atoms with Crippen LogP contribution in [-0.4, -0.2) is 21.1 Å². The Labute approximate surface area is 153 Å². The summed E-state index contributed by atoms with van der Waals surface area (Å²) in [6.45, 7) is 4.63. The zero-order valence-corrected chi connectivity index (χ0v) is 15.9. The number of hydrogen-bond donors (Lipinski definition) is 0. The maximum absolute atomic E-state index is 12.6. The first kappa shape index (κ1) is 17.0. The van der Waals surface area contributed by atoms with Crippen molar-refractivity contribution in [3.63, 3.8) is 0 Å². The molecule has 0 spiro atoms. The van der Waals surface area contributed by atoms with E-state index in [1.54, 1.807) is 12.5 Å². The fourth-order valence-electron chi connectivity index (χ4n) is 2.55. The Balaban J connectivity index is 1.72. The predicted molar refractivity (Wildman–Crippen MR) is 98.7 cm³/mol. The molecule has 3 aromatic heterocycles. The minimum Gasteiger partial charge on any atom is -0.467 e. The van der Waals surface area contributed by atoms with Gasteiger partial charge in [0.1, 0.15) is 5.76 Å². The number of nitrogens with zero attached hydrogens (tertiary/aromatic N) is 2. The van der Waals surface area contributed by atoms with Gasteiger partial charge in [-0.2, -0.15) is 0 Å². The van der Waals surface area contributed by atoms with Gasteiger partial charge in [-0.3, -0.25) is 4.79 Å². The second-order valence-corrected chi connectivity index (χ2v) is 7.39. The van der Waals surface area contributed by atoms with Crippen molar-refractivity contribution in [3.05, 3.63) is 70.0 Å². The first-order valence-electron chi connectivity index (χ1n) is 7.51. The van der Waals surface area contributed by atoms with Gasteiger partial charge in [-0.05, 0) is 60.1 Å². The van der Waals surface area contributed by atoms with Crippen LogP contribution < -0.4 is 0 Å². The highest BCUT2D eigenvalue weighted by atomic mass is 79.9. The third kappa shape index (κ3) is 3.82. The van der Waals surface area contributed by atoms with E-state index in [0.717, 1.165) is 32.2 Å². The molecule has 0 aliphatic carbocycles. The molecule has 3 rings (SSSR count). The van der Waals surface area contributed by atoms with Crippen LogP contribution in [0.2, 0.25) is 0 Å². The van der Waals surface area contributed by atoms with Crippen LogP contribution in [0, 0.1) is 13.8 Å². The van der Waals surface area contributed by atoms with Crippen LogP contribution in [0.5, 0.6) is 0 Å². The maximum atomic E-state index is 12.6. The van der Waals surface area contributed by atoms with E-state index in [4.69, 9.17) is 4.42 Å². The van der Waals surface area contributed by atoms with Crippen molar-refractivity contribution in [2.75, 3.05) is 5.75 Å². The maximum Gasteiger partial charge on any atom is 0.174 e. The Bertz CT molecular complexity index is 839. The highest BCUT2D eigenvalue weighted by Gasteiger charge is 2.16. The minimum atomic E-state index is 0.114. The average Bonchev–Trinajstić information content (AvgIpc) is 3.18. The van der Waals surface area contributed by atoms with Crippen LogP contribution in [0.4, 0.5) is 0 Å². The van der Waals surface area contributed by atoms with Crippen molar-refractivity contribution in [2.45, 2.75) is 25.4 Å². The first-order chi connectivity index (χ1) is 11.5. The SMILES string of the molecule is Cc1cc(C(=O)CSc2ccc(Br)cn2)c(C)n1Cc1ccco1. The Morgan fingerprint density at radius 2 is 2.17 bits per heavy atom. The molecule has 3 aromatic rings. The van der Waals surface area contributed by atoms with E-state index in [-0.39, 0.29) is 5.78 Å². The van der Waals surface area contributed by atoms with Crippen LogP contribution >= 0.6 is 27.7 Å². The van der Waals surface area contributed by atoms with E-state index >= 15 is 0 Å². The largest absolute Gasteiger partial charge is 0.467 e. The standard InChI is InChI=1S/C18H17BrN2O2S/c1-12-8-16(13(2)21(12)10-15-4-3-7-23-15)17(22)11-24-18-6-5-14(19)9-20-18/h3-9H,10-11H2,1-2H3. The van der Waals surface area contributed by atoms with Gasteiger partial charge in [0.2, 0.25) is 0 Å². The summed E-state index contributed by atoms with van der Waals surface area (Å²) in [7, 11) is 0. The molecule has 124 valence electrons. The number of aromatic nitrogens is 2. The quantitative estimate of drug-likeness (QED) is 0.433. The van der Waals surface area contributed by atoms with Crippen LogP contribution in [-0.2, 0) is 6.54 Å². The molecular formula is C18H17BrN2O2S. The lowest BCUT2D eigenvalue weighted by Crippen LogP contribution is -2.07. The van der Waals surface area contributed by atoms with Crippen molar-refractivity contribution in [1.82, 2.24) is 9.55 Å². The first-order valence-corrected chi connectivity index (χ1v) is 9.29. The molecular weight excluding hydrogens is 388 g/mol. The number of pyridine rings is 1. The molecule has 0 fully saturated rings. The van der Waals surface area contributed by atoms with E-state index in [9.17, 15) is 4.79 Å². The van der Waals surface area contributed by atoms with Crippen LogP contribution in [0.3, 0.4) is 0 Å². The summed E-state index contributed by atoms with van der Waals surface area (Å²) in [6.07, 6.45) is 3.40. The number of furan rings is 1. The van der Waals surface area contributed by atoms with Crippen LogP contribution in [0.25, 0.3) is 0 Å². The van der Waals surface area contributed by atoms with E-state index in [0.29, 0.717) is 12.3 Å². The van der Waals surface area contributed by atoms with Gasteiger partial charge in [-0.15, -0.1) is 0 Å². The molecule has 24 heavy (non-hydrogen) atoms. The Morgan fingerprint density at radius 3 is 2.83 bits per heavy atom. The Kier molecular flexibility index (Phi) is 5.26. The number of thioether (sulfide) groups is 1. The summed E-state index contributed by atoms with van der Waals surface area (Å²) in [4.78, 5) is 16.9. The van der Waals surface area contributed by atoms with Gasteiger partial charge >= 0.3 is 0 Å². The number of carbonyl (C=O) groups is 1. The van der Waals surface area contributed by atoms with Gasteiger partial charge in [-0.1, -0.05) is 11.8 Å². The number of aryl methyl sites for hydroxylation is 1. The van der Waals surface area contributed by atoms with Gasteiger partial charge in [0.25, 0.3) is 0 Å². The molecule has 0 amide bonds. The second-order valence-electron chi connectivity index (χ2n) is 5.48. The zero-order valence-electron chi connectivity index (χ0n) is 13.5. The third-order valence-corrected chi connectivity index (χ3v) is 5.23. The van der Waals surface area contributed by atoms with E-state index in [2.05, 4.69) is 25.5 Å². The predicted octanol–water partition coefficient (Wildman–Crippen LogP) is 4.88. The molecule has 0 radical (unpaired) electrons. The Hall–Kier alpha value is -1.79. The highest BCUT2D eigenvalue weighted by molar-refractivity contribution is 9.10. The van der Waals surface area contributed by atoms with Crippen LogP contribution in [0.15, 0.2) is 56.7 Å². The molecule has 0 aliphatic rings. The van der Waals surface area contributed by atoms with Crippen molar-refractivity contribution in [1.29, 1.82) is 0 Å². The number of rotatable bonds is 6. The molecule has 3 heterocycles. The second kappa shape index (κ2) is 7.40. The lowest BCUT2D eigenvalue weighted by Gasteiger charge is -2.07. The Morgan fingerprint density at radius 1 is 1.33 bits per heavy atom. The lowest BCUT2D eigenvalue weighted by molar-refractivity contribution is 0.102. The number of ketones is 1. The van der Waals surface area contributed by atoms with Crippen molar-refractivity contribution < 1.29 is 9.21 Å². The lowest BCUT2D eigenvalue weighted by atomic mass is 10.2. The highest BCUT2D eigenvalue weighted by Crippen LogP contribution is 2.22. The van der Waals surface area contributed by atoms with E-state index < -0.39 is 0 Å². The smallest absolute Gasteiger partial charge is 0.174 e. The number of carbonyl (C=O) groups excluding carboxylic acids is 1. The normalized spacial score (nSPS) is 11.0. The monoisotopic (exact) mass is 404 g/mol. The number of Topliss-reactive ketones (excluding diaryl/α,β-unsaturated/α-hetero) is 1. The fraction of sp³-hybridized carbons (Fsp3) is 0.222. The van der Waals surface area contributed by atoms with Gasteiger partial charge in [0, 0.05) is 27.6 Å². The molecule has 4 nitrogen and oxygen atoms in total. The van der Waals surface area contributed by atoms with Gasteiger partial charge < -0.3 is 8.98 Å². The molecule has 0 aromatic carbocycles. The molecule has 0 aliphatic heterocycles. The van der Waals surface area contributed by atoms with Crippen molar-refractivity contribution >= 4 is 33.5 Å². The molecule has 0 saturated carbocycles. The van der Waals surface area contributed by atoms with Gasteiger partial charge in [0.05, 0.1) is 23.6 Å². The molecule has 0 bridgehead atoms. The number of hydrogen-bond acceptors (Lipinski definition) is 4. The van der Waals surface area contributed by atoms with E-state index in [1.807, 2.05) is 44.2 Å². The summed E-state index contributed by atoms with van der Waals surface area (Å²) in [6, 6.07) is 9.60. The molecule has 0 N–H and O–H groups in total.